The van der Waals surface area contributed by atoms with Crippen LogP contribution in [0.5, 0.6) is 0 Å². The minimum Gasteiger partial charge on any atom is -0.466 e. The van der Waals surface area contributed by atoms with Gasteiger partial charge in [0.25, 0.3) is 0 Å². The monoisotopic (exact) mass is 316 g/mol. The van der Waals surface area contributed by atoms with E-state index in [-0.39, 0.29) is 18.0 Å². The predicted molar refractivity (Wildman–Crippen MR) is 71.1 cm³/mol. The zero-order valence-electron chi connectivity index (χ0n) is 9.44. The van der Waals surface area contributed by atoms with Crippen molar-refractivity contribution in [2.75, 3.05) is 12.4 Å². The second-order valence-electron chi connectivity index (χ2n) is 3.27. The number of ether oxygens (including phenoxy) is 1. The lowest BCUT2D eigenvalue weighted by Gasteiger charge is -2.02. The van der Waals surface area contributed by atoms with Gasteiger partial charge in [-0.3, -0.25) is 9.59 Å². The van der Waals surface area contributed by atoms with Crippen molar-refractivity contribution in [3.63, 3.8) is 0 Å². The van der Waals surface area contributed by atoms with Crippen LogP contribution in [-0.2, 0) is 14.3 Å². The fraction of sp³-hybridized carbons (Fsp3) is 0.333. The fourth-order valence-electron chi connectivity index (χ4n) is 1.14. The summed E-state index contributed by atoms with van der Waals surface area (Å²) in [7, 11) is 0. The molecule has 0 fully saturated rings. The Morgan fingerprint density at radius 3 is 2.82 bits per heavy atom. The summed E-state index contributed by atoms with van der Waals surface area (Å²) in [6, 6.07) is 7.68. The van der Waals surface area contributed by atoms with Crippen LogP contribution in [0, 0.1) is 0 Å². The molecule has 0 N–H and O–H groups in total. The van der Waals surface area contributed by atoms with Crippen molar-refractivity contribution in [3.8, 4) is 0 Å². The Hall–Kier alpha value is -0.810. The lowest BCUT2D eigenvalue weighted by molar-refractivity contribution is -0.145. The SMILES string of the molecule is CCOC(=O)CC(=O)CSc1cccc(Br)c1. The Morgan fingerprint density at radius 1 is 1.41 bits per heavy atom. The maximum atomic E-state index is 11.5. The molecular formula is C12H13BrO3S. The Bertz CT molecular complexity index is 406. The molecule has 1 aromatic rings. The summed E-state index contributed by atoms with van der Waals surface area (Å²) in [5.41, 5.74) is 0. The summed E-state index contributed by atoms with van der Waals surface area (Å²) in [4.78, 5) is 23.5. The molecule has 0 unspecified atom stereocenters. The number of esters is 1. The molecule has 0 aromatic heterocycles. The van der Waals surface area contributed by atoms with Crippen molar-refractivity contribution in [3.05, 3.63) is 28.7 Å². The molecule has 92 valence electrons. The molecule has 0 saturated heterocycles. The molecule has 0 atom stereocenters. The first-order valence-electron chi connectivity index (χ1n) is 5.17. The molecular weight excluding hydrogens is 304 g/mol. The molecule has 0 aliphatic heterocycles. The minimum atomic E-state index is -0.452. The van der Waals surface area contributed by atoms with E-state index in [1.165, 1.54) is 11.8 Å². The Kier molecular flexibility index (Phi) is 6.29. The summed E-state index contributed by atoms with van der Waals surface area (Å²) in [6.45, 7) is 2.03. The summed E-state index contributed by atoms with van der Waals surface area (Å²) >= 11 is 4.77. The molecule has 0 radical (unpaired) electrons. The van der Waals surface area contributed by atoms with Gasteiger partial charge >= 0.3 is 5.97 Å². The number of thioether (sulfide) groups is 1. The van der Waals surface area contributed by atoms with Gasteiger partial charge in [-0.05, 0) is 25.1 Å². The molecule has 0 bridgehead atoms. The molecule has 0 spiro atoms. The van der Waals surface area contributed by atoms with Gasteiger partial charge in [0.1, 0.15) is 6.42 Å². The predicted octanol–water partition coefficient (Wildman–Crippen LogP) is 3.06. The van der Waals surface area contributed by atoms with Crippen LogP contribution in [0.4, 0.5) is 0 Å². The molecule has 0 amide bonds. The Balaban J connectivity index is 2.35. The summed E-state index contributed by atoms with van der Waals surface area (Å²) in [5.74, 6) is -0.282. The van der Waals surface area contributed by atoms with Crippen molar-refractivity contribution in [1.29, 1.82) is 0 Å². The van der Waals surface area contributed by atoms with Crippen molar-refractivity contribution in [1.82, 2.24) is 0 Å². The van der Waals surface area contributed by atoms with E-state index in [4.69, 9.17) is 4.74 Å². The number of hydrogen-bond donors (Lipinski definition) is 0. The van der Waals surface area contributed by atoms with E-state index in [0.29, 0.717) is 6.61 Å². The van der Waals surface area contributed by atoms with Crippen LogP contribution in [0.1, 0.15) is 13.3 Å². The maximum Gasteiger partial charge on any atom is 0.313 e. The van der Waals surface area contributed by atoms with Gasteiger partial charge in [-0.25, -0.2) is 0 Å². The van der Waals surface area contributed by atoms with Gasteiger partial charge in [0.05, 0.1) is 12.4 Å². The maximum absolute atomic E-state index is 11.5. The van der Waals surface area contributed by atoms with Crippen LogP contribution >= 0.6 is 27.7 Å². The van der Waals surface area contributed by atoms with Crippen LogP contribution in [0.15, 0.2) is 33.6 Å². The normalized spacial score (nSPS) is 10.0. The highest BCUT2D eigenvalue weighted by molar-refractivity contribution is 9.10. The van der Waals surface area contributed by atoms with Crippen molar-refractivity contribution < 1.29 is 14.3 Å². The van der Waals surface area contributed by atoms with E-state index in [2.05, 4.69) is 15.9 Å². The van der Waals surface area contributed by atoms with E-state index < -0.39 is 5.97 Å². The number of rotatable bonds is 6. The zero-order chi connectivity index (χ0) is 12.7. The third kappa shape index (κ3) is 5.89. The third-order valence-electron chi connectivity index (χ3n) is 1.84. The topological polar surface area (TPSA) is 43.4 Å². The first-order valence-corrected chi connectivity index (χ1v) is 6.95. The van der Waals surface area contributed by atoms with E-state index in [9.17, 15) is 9.59 Å². The van der Waals surface area contributed by atoms with Gasteiger partial charge < -0.3 is 4.74 Å². The first kappa shape index (κ1) is 14.3. The average Bonchev–Trinajstić information content (AvgIpc) is 2.27. The molecule has 0 aliphatic rings. The number of carbonyl (C=O) groups excluding carboxylic acids is 2. The smallest absolute Gasteiger partial charge is 0.313 e. The lowest BCUT2D eigenvalue weighted by atomic mass is 10.3. The number of benzene rings is 1. The van der Waals surface area contributed by atoms with Gasteiger partial charge in [-0.2, -0.15) is 0 Å². The van der Waals surface area contributed by atoms with Gasteiger partial charge in [0.15, 0.2) is 5.78 Å². The van der Waals surface area contributed by atoms with Crippen LogP contribution in [0.25, 0.3) is 0 Å². The molecule has 5 heteroatoms. The summed E-state index contributed by atoms with van der Waals surface area (Å²) < 4.78 is 5.68. The standard InChI is InChI=1S/C12H13BrO3S/c1-2-16-12(15)7-10(14)8-17-11-5-3-4-9(13)6-11/h3-6H,2,7-8H2,1H3. The molecule has 3 nitrogen and oxygen atoms in total. The van der Waals surface area contributed by atoms with Crippen LogP contribution in [0.2, 0.25) is 0 Å². The lowest BCUT2D eigenvalue weighted by Crippen LogP contribution is -2.12. The van der Waals surface area contributed by atoms with Gasteiger partial charge in [0.2, 0.25) is 0 Å². The molecule has 0 heterocycles. The van der Waals surface area contributed by atoms with Crippen molar-refractivity contribution in [2.45, 2.75) is 18.2 Å². The molecule has 0 aliphatic carbocycles. The molecule has 1 rings (SSSR count). The third-order valence-corrected chi connectivity index (χ3v) is 3.39. The highest BCUT2D eigenvalue weighted by atomic mass is 79.9. The second-order valence-corrected chi connectivity index (χ2v) is 5.23. The highest BCUT2D eigenvalue weighted by Gasteiger charge is 2.10. The quantitative estimate of drug-likeness (QED) is 0.459. The van der Waals surface area contributed by atoms with E-state index in [1.807, 2.05) is 24.3 Å². The minimum absolute atomic E-state index is 0.117. The Morgan fingerprint density at radius 2 is 2.18 bits per heavy atom. The van der Waals surface area contributed by atoms with Crippen LogP contribution in [-0.4, -0.2) is 24.1 Å². The highest BCUT2D eigenvalue weighted by Crippen LogP contribution is 2.22. The summed E-state index contributed by atoms with van der Waals surface area (Å²) in [6.07, 6.45) is -0.144. The first-order chi connectivity index (χ1) is 8.11. The average molecular weight is 317 g/mol. The van der Waals surface area contributed by atoms with Crippen molar-refractivity contribution in [2.24, 2.45) is 0 Å². The molecule has 0 saturated carbocycles. The van der Waals surface area contributed by atoms with Crippen LogP contribution < -0.4 is 0 Å². The fourth-order valence-corrected chi connectivity index (χ4v) is 2.51. The molecule has 1 aromatic carbocycles. The summed E-state index contributed by atoms with van der Waals surface area (Å²) in [5, 5.41) is 0. The molecule has 17 heavy (non-hydrogen) atoms. The number of carbonyl (C=O) groups is 2. The number of ketones is 1. The second kappa shape index (κ2) is 7.50. The van der Waals surface area contributed by atoms with Crippen LogP contribution in [0.3, 0.4) is 0 Å². The number of Topliss-reactive ketones (excluding diaryl/α,β-unsaturated/α-hetero) is 1. The van der Waals surface area contributed by atoms with E-state index >= 15 is 0 Å². The van der Waals surface area contributed by atoms with Crippen molar-refractivity contribution >= 4 is 39.4 Å². The number of hydrogen-bond acceptors (Lipinski definition) is 4. The van der Waals surface area contributed by atoms with E-state index in [0.717, 1.165) is 9.37 Å². The van der Waals surface area contributed by atoms with Gasteiger partial charge in [-0.15, -0.1) is 11.8 Å². The zero-order valence-corrected chi connectivity index (χ0v) is 11.8. The van der Waals surface area contributed by atoms with E-state index in [1.54, 1.807) is 6.92 Å². The largest absolute Gasteiger partial charge is 0.466 e. The number of halogens is 1. The Labute approximate surface area is 113 Å². The van der Waals surface area contributed by atoms with Gasteiger partial charge in [0, 0.05) is 9.37 Å². The van der Waals surface area contributed by atoms with Gasteiger partial charge in [-0.1, -0.05) is 22.0 Å².